The van der Waals surface area contributed by atoms with E-state index in [0.717, 1.165) is 5.56 Å². The van der Waals surface area contributed by atoms with E-state index in [4.69, 9.17) is 9.47 Å². The molecule has 1 saturated heterocycles. The summed E-state index contributed by atoms with van der Waals surface area (Å²) < 4.78 is 10.3. The van der Waals surface area contributed by atoms with Crippen LogP contribution in [0.5, 0.6) is 0 Å². The Kier molecular flexibility index (Phi) is 2.62. The van der Waals surface area contributed by atoms with Crippen molar-refractivity contribution >= 4 is 11.9 Å². The van der Waals surface area contributed by atoms with Gasteiger partial charge in [0.1, 0.15) is 6.10 Å². The number of esters is 2. The fraction of sp³-hybridized carbons (Fsp3) is 0.467. The maximum absolute atomic E-state index is 12.2. The molecule has 1 aromatic carbocycles. The van der Waals surface area contributed by atoms with Crippen molar-refractivity contribution < 1.29 is 19.1 Å². The second kappa shape index (κ2) is 4.08. The van der Waals surface area contributed by atoms with Crippen LogP contribution in [0.4, 0.5) is 0 Å². The first-order valence-electron chi connectivity index (χ1n) is 6.57. The fourth-order valence-corrected chi connectivity index (χ4v) is 3.39. The van der Waals surface area contributed by atoms with Gasteiger partial charge in [-0.3, -0.25) is 9.59 Å². The third-order valence-electron chi connectivity index (χ3n) is 4.17. The molecule has 1 saturated carbocycles. The third kappa shape index (κ3) is 1.46. The van der Waals surface area contributed by atoms with E-state index in [1.54, 1.807) is 6.92 Å². The molecule has 4 nitrogen and oxygen atoms in total. The molecule has 0 aromatic heterocycles. The van der Waals surface area contributed by atoms with Gasteiger partial charge in [-0.1, -0.05) is 30.3 Å². The summed E-state index contributed by atoms with van der Waals surface area (Å²) in [6.45, 7) is 3.86. The molecule has 0 bridgehead atoms. The van der Waals surface area contributed by atoms with Crippen molar-refractivity contribution in [2.24, 2.45) is 11.3 Å². The normalized spacial score (nSPS) is 35.5. The van der Waals surface area contributed by atoms with Crippen LogP contribution in [-0.2, 0) is 19.1 Å². The van der Waals surface area contributed by atoms with Crippen molar-refractivity contribution in [1.82, 2.24) is 0 Å². The first-order valence-corrected chi connectivity index (χ1v) is 6.57. The summed E-state index contributed by atoms with van der Waals surface area (Å²) in [5, 5.41) is 0. The van der Waals surface area contributed by atoms with E-state index < -0.39 is 17.4 Å². The minimum Gasteiger partial charge on any atom is -0.465 e. The third-order valence-corrected chi connectivity index (χ3v) is 4.17. The number of hydrogen-bond acceptors (Lipinski definition) is 4. The standard InChI is InChI=1S/C15H16O4/c1-3-18-13(16)15-11(9(2)19-14(15)17)12(15)10-7-5-4-6-8-10/h4-9,11-12H,3H2,1-2H3/t9-,11-,12-,15-/m1/s1. The Labute approximate surface area is 111 Å². The molecular weight excluding hydrogens is 244 g/mol. The van der Waals surface area contributed by atoms with Gasteiger partial charge in [0.25, 0.3) is 0 Å². The van der Waals surface area contributed by atoms with Gasteiger partial charge in [-0.05, 0) is 19.4 Å². The van der Waals surface area contributed by atoms with E-state index in [2.05, 4.69) is 0 Å². The van der Waals surface area contributed by atoms with Gasteiger partial charge in [0.05, 0.1) is 6.61 Å². The molecule has 0 unspecified atom stereocenters. The van der Waals surface area contributed by atoms with Crippen LogP contribution < -0.4 is 0 Å². The molecule has 1 aliphatic carbocycles. The van der Waals surface area contributed by atoms with Crippen molar-refractivity contribution in [3.8, 4) is 0 Å². The maximum Gasteiger partial charge on any atom is 0.324 e. The zero-order valence-electron chi connectivity index (χ0n) is 11.0. The Morgan fingerprint density at radius 1 is 1.37 bits per heavy atom. The summed E-state index contributed by atoms with van der Waals surface area (Å²) in [6.07, 6.45) is -0.234. The molecule has 2 fully saturated rings. The molecule has 1 heterocycles. The Hall–Kier alpha value is -1.84. The molecule has 2 aliphatic rings. The van der Waals surface area contributed by atoms with E-state index in [-0.39, 0.29) is 24.5 Å². The molecule has 0 N–H and O–H groups in total. The van der Waals surface area contributed by atoms with Crippen LogP contribution in [0, 0.1) is 11.3 Å². The number of benzene rings is 1. The van der Waals surface area contributed by atoms with E-state index in [9.17, 15) is 9.59 Å². The zero-order chi connectivity index (χ0) is 13.6. The summed E-state index contributed by atoms with van der Waals surface area (Å²) in [5.41, 5.74) is -0.0967. The highest BCUT2D eigenvalue weighted by Gasteiger charge is 2.82. The Morgan fingerprint density at radius 2 is 2.05 bits per heavy atom. The highest BCUT2D eigenvalue weighted by molar-refractivity contribution is 6.07. The van der Waals surface area contributed by atoms with Crippen LogP contribution in [0.3, 0.4) is 0 Å². The van der Waals surface area contributed by atoms with Gasteiger partial charge >= 0.3 is 11.9 Å². The van der Waals surface area contributed by atoms with E-state index >= 15 is 0 Å². The monoisotopic (exact) mass is 260 g/mol. The van der Waals surface area contributed by atoms with Crippen LogP contribution in [0.25, 0.3) is 0 Å². The predicted molar refractivity (Wildman–Crippen MR) is 67.3 cm³/mol. The van der Waals surface area contributed by atoms with Crippen molar-refractivity contribution in [3.05, 3.63) is 35.9 Å². The summed E-state index contributed by atoms with van der Waals surface area (Å²) in [6, 6.07) is 9.64. The molecule has 4 atom stereocenters. The van der Waals surface area contributed by atoms with Gasteiger partial charge < -0.3 is 9.47 Å². The molecular formula is C15H16O4. The Bertz CT molecular complexity index is 524. The van der Waals surface area contributed by atoms with Gasteiger partial charge in [-0.15, -0.1) is 0 Å². The second-order valence-electron chi connectivity index (χ2n) is 5.11. The van der Waals surface area contributed by atoms with Crippen LogP contribution in [0.1, 0.15) is 25.3 Å². The first-order chi connectivity index (χ1) is 9.14. The highest BCUT2D eigenvalue weighted by atomic mass is 16.6. The van der Waals surface area contributed by atoms with Gasteiger partial charge in [0.2, 0.25) is 0 Å². The lowest BCUT2D eigenvalue weighted by atomic mass is 9.99. The minimum atomic E-state index is -1.10. The van der Waals surface area contributed by atoms with Crippen molar-refractivity contribution in [1.29, 1.82) is 0 Å². The zero-order valence-corrected chi connectivity index (χ0v) is 11.0. The lowest BCUT2D eigenvalue weighted by Gasteiger charge is -2.14. The lowest BCUT2D eigenvalue weighted by Crippen LogP contribution is -2.29. The summed E-state index contributed by atoms with van der Waals surface area (Å²) in [5.74, 6) is -1.08. The van der Waals surface area contributed by atoms with Crippen molar-refractivity contribution in [2.45, 2.75) is 25.9 Å². The number of carbonyl (C=O) groups is 2. The van der Waals surface area contributed by atoms with Gasteiger partial charge in [-0.2, -0.15) is 0 Å². The highest BCUT2D eigenvalue weighted by Crippen LogP contribution is 2.71. The smallest absolute Gasteiger partial charge is 0.324 e. The average Bonchev–Trinajstić information content (AvgIpc) is 3.04. The molecule has 0 radical (unpaired) electrons. The number of rotatable bonds is 3. The molecule has 0 amide bonds. The molecule has 19 heavy (non-hydrogen) atoms. The van der Waals surface area contributed by atoms with Crippen molar-refractivity contribution in [2.75, 3.05) is 6.61 Å². The summed E-state index contributed by atoms with van der Waals surface area (Å²) in [4.78, 5) is 24.4. The first kappa shape index (κ1) is 12.2. The predicted octanol–water partition coefficient (Wildman–Crippen LogP) is 1.89. The van der Waals surface area contributed by atoms with Crippen LogP contribution in [-0.4, -0.2) is 24.6 Å². The fourth-order valence-electron chi connectivity index (χ4n) is 3.39. The molecule has 100 valence electrons. The van der Waals surface area contributed by atoms with E-state index in [1.807, 2.05) is 37.3 Å². The van der Waals surface area contributed by atoms with Gasteiger partial charge in [0.15, 0.2) is 5.41 Å². The summed E-state index contributed by atoms with van der Waals surface area (Å²) >= 11 is 0. The van der Waals surface area contributed by atoms with E-state index in [0.29, 0.717) is 0 Å². The average molecular weight is 260 g/mol. The molecule has 1 aromatic rings. The molecule has 1 aliphatic heterocycles. The number of fused-ring (bicyclic) bond motifs is 1. The van der Waals surface area contributed by atoms with E-state index in [1.165, 1.54) is 0 Å². The Balaban J connectivity index is 2.00. The minimum absolute atomic E-state index is 0.0959. The lowest BCUT2D eigenvalue weighted by molar-refractivity contribution is -0.161. The van der Waals surface area contributed by atoms with Crippen molar-refractivity contribution in [3.63, 3.8) is 0 Å². The Morgan fingerprint density at radius 3 is 2.68 bits per heavy atom. The number of ether oxygens (including phenoxy) is 2. The quantitative estimate of drug-likeness (QED) is 0.615. The summed E-state index contributed by atoms with van der Waals surface area (Å²) in [7, 11) is 0. The number of hydrogen-bond donors (Lipinski definition) is 0. The van der Waals surface area contributed by atoms with Crippen LogP contribution >= 0.6 is 0 Å². The number of cyclic esters (lactones) is 1. The van der Waals surface area contributed by atoms with Crippen LogP contribution in [0.2, 0.25) is 0 Å². The maximum atomic E-state index is 12.2. The van der Waals surface area contributed by atoms with Gasteiger partial charge in [-0.25, -0.2) is 0 Å². The topological polar surface area (TPSA) is 52.6 Å². The number of carbonyl (C=O) groups excluding carboxylic acids is 2. The van der Waals surface area contributed by atoms with Gasteiger partial charge in [0, 0.05) is 11.8 Å². The van der Waals surface area contributed by atoms with Crippen LogP contribution in [0.15, 0.2) is 30.3 Å². The second-order valence-corrected chi connectivity index (χ2v) is 5.11. The molecule has 3 rings (SSSR count). The largest absolute Gasteiger partial charge is 0.465 e. The molecule has 4 heteroatoms. The SMILES string of the molecule is CCOC(=O)[C@@]12C(=O)O[C@H](C)[C@@H]1[C@H]2c1ccccc1. The molecule has 0 spiro atoms.